The van der Waals surface area contributed by atoms with Gasteiger partial charge in [-0.05, 0) is 12.5 Å². The Morgan fingerprint density at radius 2 is 1.93 bits per heavy atom. The van der Waals surface area contributed by atoms with Crippen LogP contribution in [0.15, 0.2) is 24.3 Å². The lowest BCUT2D eigenvalue weighted by molar-refractivity contribution is -0.192. The number of carbonyl (C=O) groups is 2. The molecule has 0 aromatic heterocycles. The number of aliphatic carboxylic acids is 1. The summed E-state index contributed by atoms with van der Waals surface area (Å²) in [5.41, 5.74) is 0.699. The average molecular weight is 392 g/mol. The second kappa shape index (κ2) is 8.66. The topological polar surface area (TPSA) is 78.9 Å². The Morgan fingerprint density at radius 1 is 1.30 bits per heavy atom. The van der Waals surface area contributed by atoms with Crippen LogP contribution in [0.1, 0.15) is 12.0 Å². The molecule has 2 fully saturated rings. The van der Waals surface area contributed by atoms with Gasteiger partial charge in [0.15, 0.2) is 0 Å². The van der Waals surface area contributed by atoms with Gasteiger partial charge in [-0.3, -0.25) is 9.69 Å². The maximum atomic E-state index is 13.7. The monoisotopic (exact) mass is 392 g/mol. The van der Waals surface area contributed by atoms with E-state index in [0.29, 0.717) is 18.7 Å². The smallest absolute Gasteiger partial charge is 0.475 e. The molecule has 3 unspecified atom stereocenters. The number of ether oxygens (including phenoxy) is 1. The number of alkyl halides is 3. The van der Waals surface area contributed by atoms with Crippen molar-refractivity contribution in [3.8, 4) is 0 Å². The van der Waals surface area contributed by atoms with Crippen LogP contribution in [-0.2, 0) is 20.9 Å². The van der Waals surface area contributed by atoms with E-state index in [1.165, 1.54) is 6.07 Å². The molecule has 0 radical (unpaired) electrons. The molecule has 0 spiro atoms. The zero-order valence-electron chi connectivity index (χ0n) is 14.5. The minimum absolute atomic E-state index is 0.0465. The number of carboxylic acid groups (broad SMARTS) is 1. The van der Waals surface area contributed by atoms with Crippen LogP contribution in [0.2, 0.25) is 0 Å². The van der Waals surface area contributed by atoms with Gasteiger partial charge >= 0.3 is 12.1 Å². The predicted octanol–water partition coefficient (Wildman–Crippen LogP) is 1.79. The summed E-state index contributed by atoms with van der Waals surface area (Å²) in [5.74, 6) is -2.96. The number of hydrogen-bond donors (Lipinski definition) is 2. The molecular formula is C17H20F4N2O4. The van der Waals surface area contributed by atoms with Crippen LogP contribution in [0.25, 0.3) is 0 Å². The number of carboxylic acids is 1. The zero-order valence-corrected chi connectivity index (χ0v) is 14.5. The lowest BCUT2D eigenvalue weighted by Gasteiger charge is -2.32. The molecule has 2 heterocycles. The number of likely N-dealkylation sites (tertiary alicyclic amines) is 1. The minimum atomic E-state index is -5.08. The van der Waals surface area contributed by atoms with Crippen LogP contribution in [0.3, 0.4) is 0 Å². The first-order chi connectivity index (χ1) is 12.6. The Kier molecular flexibility index (Phi) is 6.77. The molecule has 2 aliphatic heterocycles. The van der Waals surface area contributed by atoms with E-state index >= 15 is 0 Å². The van der Waals surface area contributed by atoms with Gasteiger partial charge in [0.25, 0.3) is 0 Å². The number of carbonyl (C=O) groups excluding carboxylic acids is 1. The average Bonchev–Trinajstić information content (AvgIpc) is 2.90. The number of nitrogens with one attached hydrogen (secondary N) is 1. The highest BCUT2D eigenvalue weighted by Gasteiger charge is 2.44. The molecule has 3 atom stereocenters. The van der Waals surface area contributed by atoms with Crippen molar-refractivity contribution in [1.29, 1.82) is 0 Å². The molecule has 0 saturated carbocycles. The fourth-order valence-electron chi connectivity index (χ4n) is 3.20. The highest BCUT2D eigenvalue weighted by Crippen LogP contribution is 2.32. The molecule has 6 nitrogen and oxygen atoms in total. The van der Waals surface area contributed by atoms with Crippen LogP contribution < -0.4 is 5.32 Å². The highest BCUT2D eigenvalue weighted by molar-refractivity contribution is 5.79. The van der Waals surface area contributed by atoms with E-state index in [9.17, 15) is 22.4 Å². The van der Waals surface area contributed by atoms with E-state index in [0.717, 1.165) is 13.0 Å². The third-order valence-corrected chi connectivity index (χ3v) is 4.41. The first kappa shape index (κ1) is 21.1. The van der Waals surface area contributed by atoms with Crippen molar-refractivity contribution in [3.05, 3.63) is 35.6 Å². The quantitative estimate of drug-likeness (QED) is 0.767. The third kappa shape index (κ3) is 5.64. The highest BCUT2D eigenvalue weighted by atomic mass is 19.4. The Balaban J connectivity index is 0.000000321. The molecule has 2 saturated heterocycles. The summed E-state index contributed by atoms with van der Waals surface area (Å²) in [6.45, 7) is 2.02. The molecule has 0 aliphatic carbocycles. The second-order valence-corrected chi connectivity index (χ2v) is 6.34. The Morgan fingerprint density at radius 3 is 2.48 bits per heavy atom. The first-order valence-corrected chi connectivity index (χ1v) is 8.24. The van der Waals surface area contributed by atoms with Crippen LogP contribution in [0.4, 0.5) is 17.6 Å². The number of amides is 1. The van der Waals surface area contributed by atoms with Gasteiger partial charge in [0.2, 0.25) is 5.91 Å². The first-order valence-electron chi connectivity index (χ1n) is 8.24. The van der Waals surface area contributed by atoms with Gasteiger partial charge in [-0.15, -0.1) is 0 Å². The molecule has 2 bridgehead atoms. The number of rotatable bonds is 3. The van der Waals surface area contributed by atoms with Crippen molar-refractivity contribution in [1.82, 2.24) is 10.2 Å². The van der Waals surface area contributed by atoms with Gasteiger partial charge in [-0.2, -0.15) is 13.2 Å². The fourth-order valence-corrected chi connectivity index (χ4v) is 3.20. The van der Waals surface area contributed by atoms with Crippen LogP contribution >= 0.6 is 0 Å². The molecular weight excluding hydrogens is 372 g/mol. The van der Waals surface area contributed by atoms with Crippen molar-refractivity contribution < 1.29 is 37.0 Å². The fraction of sp³-hybridized carbons (Fsp3) is 0.529. The summed E-state index contributed by atoms with van der Waals surface area (Å²) in [7, 11) is 1.65. The molecule has 150 valence electrons. The number of halogens is 4. The van der Waals surface area contributed by atoms with Gasteiger partial charge in [0.1, 0.15) is 5.82 Å². The van der Waals surface area contributed by atoms with E-state index in [-0.39, 0.29) is 29.9 Å². The molecule has 1 aromatic carbocycles. The SMILES string of the molecule is CNC(=O)C1CC2CN(Cc3ccccc3F)CC1O2.O=C(O)C(F)(F)F. The normalized spacial score (nSPS) is 24.7. The van der Waals surface area contributed by atoms with Crippen LogP contribution in [0, 0.1) is 11.7 Å². The van der Waals surface area contributed by atoms with Gasteiger partial charge < -0.3 is 15.2 Å². The zero-order chi connectivity index (χ0) is 20.2. The third-order valence-electron chi connectivity index (χ3n) is 4.41. The lowest BCUT2D eigenvalue weighted by atomic mass is 10.00. The Hall–Kier alpha value is -2.20. The van der Waals surface area contributed by atoms with Crippen LogP contribution in [-0.4, -0.2) is 60.4 Å². The molecule has 1 amide bonds. The summed E-state index contributed by atoms with van der Waals surface area (Å²) in [6, 6.07) is 6.84. The number of nitrogens with zero attached hydrogens (tertiary/aromatic N) is 1. The molecule has 1 aromatic rings. The summed E-state index contributed by atoms with van der Waals surface area (Å²) in [6.07, 6.45) is -4.30. The number of benzene rings is 1. The van der Waals surface area contributed by atoms with Crippen LogP contribution in [0.5, 0.6) is 0 Å². The van der Waals surface area contributed by atoms with Gasteiger partial charge in [-0.1, -0.05) is 18.2 Å². The summed E-state index contributed by atoms with van der Waals surface area (Å²) < 4.78 is 51.3. The van der Waals surface area contributed by atoms with E-state index in [4.69, 9.17) is 14.6 Å². The number of morpholine rings is 1. The van der Waals surface area contributed by atoms with Gasteiger partial charge in [0, 0.05) is 32.2 Å². The maximum absolute atomic E-state index is 13.7. The van der Waals surface area contributed by atoms with Gasteiger partial charge in [-0.25, -0.2) is 9.18 Å². The predicted molar refractivity (Wildman–Crippen MR) is 86.2 cm³/mol. The maximum Gasteiger partial charge on any atom is 0.490 e. The largest absolute Gasteiger partial charge is 0.490 e. The van der Waals surface area contributed by atoms with E-state index in [1.807, 2.05) is 12.1 Å². The van der Waals surface area contributed by atoms with E-state index in [2.05, 4.69) is 10.2 Å². The molecule has 3 rings (SSSR count). The lowest BCUT2D eigenvalue weighted by Crippen LogP contribution is -2.44. The Labute approximate surface area is 153 Å². The molecule has 10 heteroatoms. The molecule has 27 heavy (non-hydrogen) atoms. The standard InChI is InChI=1S/C15H19FN2O2.C2HF3O2/c1-17-15(19)12-6-11-8-18(9-14(12)20-11)7-10-4-2-3-5-13(10)16;3-2(4,5)1(6)7/h2-5,11-12,14H,6-9H2,1H3,(H,17,19);(H,6,7). The summed E-state index contributed by atoms with van der Waals surface area (Å²) in [5, 5.41) is 9.82. The molecule has 2 aliphatic rings. The van der Waals surface area contributed by atoms with Crippen molar-refractivity contribution in [2.24, 2.45) is 5.92 Å². The van der Waals surface area contributed by atoms with E-state index < -0.39 is 12.1 Å². The molecule has 2 N–H and O–H groups in total. The second-order valence-electron chi connectivity index (χ2n) is 6.34. The van der Waals surface area contributed by atoms with Crippen molar-refractivity contribution >= 4 is 11.9 Å². The summed E-state index contributed by atoms with van der Waals surface area (Å²) in [4.78, 5) is 22.9. The van der Waals surface area contributed by atoms with Crippen molar-refractivity contribution in [2.75, 3.05) is 20.1 Å². The number of fused-ring (bicyclic) bond motifs is 2. The Bertz CT molecular complexity index is 683. The summed E-state index contributed by atoms with van der Waals surface area (Å²) >= 11 is 0. The van der Waals surface area contributed by atoms with E-state index in [1.54, 1.807) is 13.1 Å². The van der Waals surface area contributed by atoms with Gasteiger partial charge in [0.05, 0.1) is 18.1 Å². The minimum Gasteiger partial charge on any atom is -0.475 e. The van der Waals surface area contributed by atoms with Crippen molar-refractivity contribution in [3.63, 3.8) is 0 Å². The number of hydrogen-bond acceptors (Lipinski definition) is 4. The van der Waals surface area contributed by atoms with Crippen molar-refractivity contribution in [2.45, 2.75) is 31.3 Å².